The van der Waals surface area contributed by atoms with E-state index >= 15 is 0 Å². The van der Waals surface area contributed by atoms with Crippen molar-refractivity contribution in [1.82, 2.24) is 14.9 Å². The standard InChI is InChI=1S/C18H19N3O2S.ClH/c22-24(23,15-7-2-1-3-8-15)17-13-21(12-14-6-4-10-19-14)18-16(17)9-5-11-20-18;/h1-3,5,7-9,11,13-14,19H,4,6,10,12H2;1H/t14-;/m0./s1. The van der Waals surface area contributed by atoms with Gasteiger partial charge < -0.3 is 9.88 Å². The van der Waals surface area contributed by atoms with Crippen molar-refractivity contribution in [3.05, 3.63) is 54.9 Å². The molecule has 25 heavy (non-hydrogen) atoms. The highest BCUT2D eigenvalue weighted by atomic mass is 35.5. The number of aromatic nitrogens is 2. The van der Waals surface area contributed by atoms with Gasteiger partial charge in [-0.25, -0.2) is 13.4 Å². The fraction of sp³-hybridized carbons (Fsp3) is 0.278. The molecular weight excluding hydrogens is 358 g/mol. The summed E-state index contributed by atoms with van der Waals surface area (Å²) in [4.78, 5) is 5.06. The van der Waals surface area contributed by atoms with Crippen molar-refractivity contribution < 1.29 is 8.42 Å². The number of nitrogens with one attached hydrogen (secondary N) is 1. The highest BCUT2D eigenvalue weighted by Crippen LogP contribution is 2.29. The normalized spacial score (nSPS) is 17.5. The lowest BCUT2D eigenvalue weighted by molar-refractivity contribution is 0.515. The largest absolute Gasteiger partial charge is 0.330 e. The van der Waals surface area contributed by atoms with Crippen molar-refractivity contribution in [3.63, 3.8) is 0 Å². The minimum Gasteiger partial charge on any atom is -0.330 e. The average Bonchev–Trinajstić information content (AvgIpc) is 3.25. The minimum absolute atomic E-state index is 0. The van der Waals surface area contributed by atoms with Crippen LogP contribution < -0.4 is 5.32 Å². The van der Waals surface area contributed by atoms with Crippen LogP contribution in [0.1, 0.15) is 12.8 Å². The summed E-state index contributed by atoms with van der Waals surface area (Å²) in [6, 6.07) is 12.5. The summed E-state index contributed by atoms with van der Waals surface area (Å²) in [5.74, 6) is 0. The quantitative estimate of drug-likeness (QED) is 0.759. The Morgan fingerprint density at radius 1 is 1.16 bits per heavy atom. The van der Waals surface area contributed by atoms with Crippen LogP contribution in [0.15, 0.2) is 64.6 Å². The highest BCUT2D eigenvalue weighted by Gasteiger charge is 2.25. The molecule has 132 valence electrons. The van der Waals surface area contributed by atoms with Gasteiger partial charge in [0, 0.05) is 30.4 Å². The Kier molecular flexibility index (Phi) is 5.13. The lowest BCUT2D eigenvalue weighted by Crippen LogP contribution is -2.26. The molecule has 1 aliphatic rings. The van der Waals surface area contributed by atoms with Gasteiger partial charge in [-0.2, -0.15) is 0 Å². The fourth-order valence-electron chi connectivity index (χ4n) is 3.32. The first-order valence-electron chi connectivity index (χ1n) is 8.13. The lowest BCUT2D eigenvalue weighted by Gasteiger charge is -2.11. The van der Waals surface area contributed by atoms with Gasteiger partial charge in [0.05, 0.1) is 9.79 Å². The number of sulfone groups is 1. The molecule has 0 unspecified atom stereocenters. The zero-order valence-corrected chi connectivity index (χ0v) is 15.3. The van der Waals surface area contributed by atoms with Crippen LogP contribution in [0.25, 0.3) is 11.0 Å². The zero-order valence-electron chi connectivity index (χ0n) is 13.6. The Hall–Kier alpha value is -1.89. The maximum Gasteiger partial charge on any atom is 0.208 e. The van der Waals surface area contributed by atoms with Crippen LogP contribution >= 0.6 is 12.4 Å². The van der Waals surface area contributed by atoms with E-state index in [-0.39, 0.29) is 12.4 Å². The number of halogens is 1. The van der Waals surface area contributed by atoms with Crippen molar-refractivity contribution in [3.8, 4) is 0 Å². The molecule has 2 aromatic heterocycles. The molecule has 5 nitrogen and oxygen atoms in total. The van der Waals surface area contributed by atoms with E-state index in [1.165, 1.54) is 0 Å². The third-order valence-corrected chi connectivity index (χ3v) is 6.32. The Labute approximate surface area is 153 Å². The van der Waals surface area contributed by atoms with Crippen molar-refractivity contribution in [2.75, 3.05) is 6.54 Å². The predicted molar refractivity (Wildman–Crippen MR) is 99.9 cm³/mol. The monoisotopic (exact) mass is 377 g/mol. The summed E-state index contributed by atoms with van der Waals surface area (Å²) in [5.41, 5.74) is 0.723. The third kappa shape index (κ3) is 3.29. The molecule has 0 radical (unpaired) electrons. The molecule has 0 spiro atoms. The van der Waals surface area contributed by atoms with E-state index in [1.54, 1.807) is 42.7 Å². The smallest absolute Gasteiger partial charge is 0.208 e. The molecule has 0 saturated carbocycles. The molecule has 4 rings (SSSR count). The van der Waals surface area contributed by atoms with E-state index in [0.717, 1.165) is 31.6 Å². The van der Waals surface area contributed by atoms with E-state index in [0.29, 0.717) is 21.2 Å². The SMILES string of the molecule is Cl.O=S(=O)(c1ccccc1)c1cn(C[C@@H]2CCCN2)c2ncccc12. The van der Waals surface area contributed by atoms with Crippen LogP contribution in [0, 0.1) is 0 Å². The van der Waals surface area contributed by atoms with Crippen molar-refractivity contribution in [2.24, 2.45) is 0 Å². The molecule has 0 amide bonds. The summed E-state index contributed by atoms with van der Waals surface area (Å²) in [6.45, 7) is 1.75. The fourth-order valence-corrected chi connectivity index (χ4v) is 4.80. The number of hydrogen-bond donors (Lipinski definition) is 1. The minimum atomic E-state index is -3.56. The van der Waals surface area contributed by atoms with Gasteiger partial charge in [0.15, 0.2) is 0 Å². The van der Waals surface area contributed by atoms with Gasteiger partial charge in [0.1, 0.15) is 5.65 Å². The molecule has 1 aromatic carbocycles. The Morgan fingerprint density at radius 2 is 1.96 bits per heavy atom. The van der Waals surface area contributed by atoms with Crippen molar-refractivity contribution in [1.29, 1.82) is 0 Å². The van der Waals surface area contributed by atoms with Crippen molar-refractivity contribution in [2.45, 2.75) is 35.2 Å². The summed E-state index contributed by atoms with van der Waals surface area (Å²) in [5, 5.41) is 4.13. The number of hydrogen-bond acceptors (Lipinski definition) is 4. The molecule has 3 aromatic rings. The van der Waals surface area contributed by atoms with E-state index < -0.39 is 9.84 Å². The van der Waals surface area contributed by atoms with Crippen LogP contribution in [0.2, 0.25) is 0 Å². The maximum atomic E-state index is 13.0. The molecular formula is C18H20ClN3O2S. The first-order valence-corrected chi connectivity index (χ1v) is 9.62. The second kappa shape index (κ2) is 7.15. The summed E-state index contributed by atoms with van der Waals surface area (Å²) >= 11 is 0. The van der Waals surface area contributed by atoms with E-state index in [4.69, 9.17) is 0 Å². The molecule has 1 fully saturated rings. The first-order chi connectivity index (χ1) is 11.7. The van der Waals surface area contributed by atoms with E-state index in [2.05, 4.69) is 10.3 Å². The predicted octanol–water partition coefficient (Wildman–Crippen LogP) is 3.04. The average molecular weight is 378 g/mol. The first kappa shape index (κ1) is 17.9. The van der Waals surface area contributed by atoms with Crippen LogP contribution in [0.4, 0.5) is 0 Å². The zero-order chi connectivity index (χ0) is 16.6. The van der Waals surface area contributed by atoms with Crippen molar-refractivity contribution >= 4 is 33.3 Å². The molecule has 1 aliphatic heterocycles. The van der Waals surface area contributed by atoms with Gasteiger partial charge in [0.25, 0.3) is 0 Å². The van der Waals surface area contributed by atoms with Gasteiger partial charge in [-0.3, -0.25) is 0 Å². The summed E-state index contributed by atoms with van der Waals surface area (Å²) < 4.78 is 28.0. The number of nitrogens with zero attached hydrogens (tertiary/aromatic N) is 2. The number of rotatable bonds is 4. The Bertz CT molecular complexity index is 964. The van der Waals surface area contributed by atoms with Gasteiger partial charge in [-0.1, -0.05) is 18.2 Å². The molecule has 1 saturated heterocycles. The molecule has 1 N–H and O–H groups in total. The molecule has 3 heterocycles. The topological polar surface area (TPSA) is 64.0 Å². The second-order valence-electron chi connectivity index (χ2n) is 6.13. The number of fused-ring (bicyclic) bond motifs is 1. The van der Waals surface area contributed by atoms with Crippen LogP contribution in [0.5, 0.6) is 0 Å². The lowest BCUT2D eigenvalue weighted by atomic mass is 10.2. The van der Waals surface area contributed by atoms with Crippen LogP contribution in [-0.2, 0) is 16.4 Å². The van der Waals surface area contributed by atoms with Crippen LogP contribution in [-0.4, -0.2) is 30.6 Å². The maximum absolute atomic E-state index is 13.0. The van der Waals surface area contributed by atoms with E-state index in [9.17, 15) is 8.42 Å². The van der Waals surface area contributed by atoms with Gasteiger partial charge in [-0.15, -0.1) is 12.4 Å². The van der Waals surface area contributed by atoms with Crippen LogP contribution in [0.3, 0.4) is 0 Å². The molecule has 0 aliphatic carbocycles. The third-order valence-electron chi connectivity index (χ3n) is 4.52. The highest BCUT2D eigenvalue weighted by molar-refractivity contribution is 7.91. The second-order valence-corrected chi connectivity index (χ2v) is 8.05. The van der Waals surface area contributed by atoms with Gasteiger partial charge >= 0.3 is 0 Å². The van der Waals surface area contributed by atoms with E-state index in [1.807, 2.05) is 16.7 Å². The number of pyridine rings is 1. The summed E-state index contributed by atoms with van der Waals surface area (Å²) in [6.07, 6.45) is 5.71. The number of benzene rings is 1. The Balaban J connectivity index is 0.00000182. The van der Waals surface area contributed by atoms with Gasteiger partial charge in [0.2, 0.25) is 9.84 Å². The Morgan fingerprint density at radius 3 is 2.68 bits per heavy atom. The van der Waals surface area contributed by atoms with Gasteiger partial charge in [-0.05, 0) is 43.7 Å². The summed E-state index contributed by atoms with van der Waals surface area (Å²) in [7, 11) is -3.56. The molecule has 0 bridgehead atoms. The molecule has 7 heteroatoms. The molecule has 1 atom stereocenters.